The number of nitrogens with zero attached hydrogens (tertiary/aromatic N) is 1. The van der Waals surface area contributed by atoms with Crippen LogP contribution in [0.1, 0.15) is 25.3 Å². The first-order chi connectivity index (χ1) is 9.96. The molecule has 5 nitrogen and oxygen atoms in total. The summed E-state index contributed by atoms with van der Waals surface area (Å²) in [6.45, 7) is 2.74. The van der Waals surface area contributed by atoms with E-state index in [1.807, 2.05) is 30.3 Å². The van der Waals surface area contributed by atoms with Crippen molar-refractivity contribution < 1.29 is 13.2 Å². The summed E-state index contributed by atoms with van der Waals surface area (Å²) >= 11 is 0. The van der Waals surface area contributed by atoms with Crippen molar-refractivity contribution >= 4 is 22.0 Å². The molecular weight excluding hydrogens is 288 g/mol. The molecule has 1 heterocycles. The average Bonchev–Trinajstić information content (AvgIpc) is 2.46. The number of piperidine rings is 1. The fraction of sp³-hybridized carbons (Fsp3) is 0.400. The molecule has 21 heavy (non-hydrogen) atoms. The normalized spacial score (nSPS) is 17.3. The van der Waals surface area contributed by atoms with Crippen molar-refractivity contribution in [3.8, 4) is 0 Å². The van der Waals surface area contributed by atoms with Gasteiger partial charge in [0.05, 0.1) is 0 Å². The number of carbonyl (C=O) groups excluding carboxylic acids is 1. The van der Waals surface area contributed by atoms with Crippen molar-refractivity contribution in [2.24, 2.45) is 0 Å². The number of sulfonamides is 1. The van der Waals surface area contributed by atoms with Crippen molar-refractivity contribution in [1.82, 2.24) is 9.62 Å². The Labute approximate surface area is 125 Å². The van der Waals surface area contributed by atoms with Crippen LogP contribution in [0.5, 0.6) is 0 Å². The zero-order valence-corrected chi connectivity index (χ0v) is 12.8. The molecule has 0 atom stereocenters. The molecule has 0 saturated carbocycles. The number of rotatable bonds is 4. The predicted molar refractivity (Wildman–Crippen MR) is 82.8 cm³/mol. The molecular formula is C15H20N2O3S. The van der Waals surface area contributed by atoms with Gasteiger partial charge in [-0.05, 0) is 24.5 Å². The molecule has 0 aliphatic carbocycles. The summed E-state index contributed by atoms with van der Waals surface area (Å²) in [7, 11) is -3.45. The second-order valence-corrected chi connectivity index (χ2v) is 6.75. The Balaban J connectivity index is 1.90. The minimum Gasteiger partial charge on any atom is -0.343 e. The fourth-order valence-corrected chi connectivity index (χ4v) is 3.43. The molecule has 1 N–H and O–H groups in total. The molecule has 0 radical (unpaired) electrons. The molecule has 0 aromatic heterocycles. The molecule has 1 fully saturated rings. The van der Waals surface area contributed by atoms with Crippen molar-refractivity contribution in [2.75, 3.05) is 13.1 Å². The standard InChI is InChI=1S/C15H20N2O3S/c1-13(18)17-10-7-15(8-11-17)16-21(19,20)12-9-14-5-3-2-4-6-14/h2-6,9,12,15-16H,7-8,10-11H2,1H3. The summed E-state index contributed by atoms with van der Waals surface area (Å²) in [5.41, 5.74) is 0.842. The van der Waals surface area contributed by atoms with Crippen LogP contribution in [-0.4, -0.2) is 38.4 Å². The van der Waals surface area contributed by atoms with Crippen LogP contribution in [0, 0.1) is 0 Å². The van der Waals surface area contributed by atoms with Crippen LogP contribution >= 0.6 is 0 Å². The second kappa shape index (κ2) is 6.87. The van der Waals surface area contributed by atoms with Gasteiger partial charge in [0.25, 0.3) is 0 Å². The number of hydrogen-bond donors (Lipinski definition) is 1. The van der Waals surface area contributed by atoms with E-state index in [9.17, 15) is 13.2 Å². The highest BCUT2D eigenvalue weighted by Crippen LogP contribution is 2.12. The lowest BCUT2D eigenvalue weighted by Gasteiger charge is -2.31. The van der Waals surface area contributed by atoms with Gasteiger partial charge in [0, 0.05) is 31.5 Å². The topological polar surface area (TPSA) is 66.5 Å². The maximum absolute atomic E-state index is 12.0. The minimum atomic E-state index is -3.45. The Kier molecular flexibility index (Phi) is 5.14. The lowest BCUT2D eigenvalue weighted by Crippen LogP contribution is -2.45. The summed E-state index contributed by atoms with van der Waals surface area (Å²) in [5, 5.41) is 1.19. The molecule has 1 aliphatic heterocycles. The molecule has 1 aliphatic rings. The van der Waals surface area contributed by atoms with Crippen molar-refractivity contribution in [2.45, 2.75) is 25.8 Å². The fourth-order valence-electron chi connectivity index (χ4n) is 2.32. The number of likely N-dealkylation sites (tertiary alicyclic amines) is 1. The van der Waals surface area contributed by atoms with Gasteiger partial charge in [-0.25, -0.2) is 13.1 Å². The van der Waals surface area contributed by atoms with E-state index in [-0.39, 0.29) is 11.9 Å². The van der Waals surface area contributed by atoms with E-state index in [0.29, 0.717) is 25.9 Å². The maximum atomic E-state index is 12.0. The summed E-state index contributed by atoms with van der Waals surface area (Å²) < 4.78 is 26.7. The lowest BCUT2D eigenvalue weighted by atomic mass is 10.1. The van der Waals surface area contributed by atoms with E-state index >= 15 is 0 Å². The van der Waals surface area contributed by atoms with E-state index in [0.717, 1.165) is 5.56 Å². The summed E-state index contributed by atoms with van der Waals surface area (Å²) in [6, 6.07) is 9.18. The number of nitrogens with one attached hydrogen (secondary N) is 1. The van der Waals surface area contributed by atoms with E-state index in [1.54, 1.807) is 11.0 Å². The molecule has 0 spiro atoms. The van der Waals surface area contributed by atoms with Crippen LogP contribution in [0.25, 0.3) is 6.08 Å². The van der Waals surface area contributed by atoms with Crippen LogP contribution < -0.4 is 4.72 Å². The largest absolute Gasteiger partial charge is 0.343 e. The van der Waals surface area contributed by atoms with Crippen LogP contribution in [0.3, 0.4) is 0 Å². The van der Waals surface area contributed by atoms with Crippen molar-refractivity contribution in [3.05, 3.63) is 41.3 Å². The van der Waals surface area contributed by atoms with Crippen LogP contribution in [0.15, 0.2) is 35.7 Å². The monoisotopic (exact) mass is 308 g/mol. The summed E-state index contributed by atoms with van der Waals surface area (Å²) in [5.74, 6) is 0.0419. The Hall–Kier alpha value is -1.66. The van der Waals surface area contributed by atoms with Gasteiger partial charge in [-0.3, -0.25) is 4.79 Å². The van der Waals surface area contributed by atoms with E-state index < -0.39 is 10.0 Å². The number of amides is 1. The quantitative estimate of drug-likeness (QED) is 0.918. The smallest absolute Gasteiger partial charge is 0.233 e. The van der Waals surface area contributed by atoms with Gasteiger partial charge in [0.15, 0.2) is 0 Å². The van der Waals surface area contributed by atoms with Gasteiger partial charge in [-0.2, -0.15) is 0 Å². The first-order valence-corrected chi connectivity index (χ1v) is 8.52. The number of carbonyl (C=O) groups is 1. The highest BCUT2D eigenvalue weighted by Gasteiger charge is 2.23. The molecule has 1 aromatic rings. The predicted octanol–water partition coefficient (Wildman–Crippen LogP) is 1.59. The second-order valence-electron chi connectivity index (χ2n) is 5.16. The van der Waals surface area contributed by atoms with Gasteiger partial charge >= 0.3 is 0 Å². The van der Waals surface area contributed by atoms with Gasteiger partial charge in [-0.15, -0.1) is 0 Å². The SMILES string of the molecule is CC(=O)N1CCC(NS(=O)(=O)C=Cc2ccccc2)CC1. The first-order valence-electron chi connectivity index (χ1n) is 6.97. The van der Waals surface area contributed by atoms with E-state index in [1.165, 1.54) is 12.3 Å². The van der Waals surface area contributed by atoms with E-state index in [2.05, 4.69) is 4.72 Å². The minimum absolute atomic E-state index is 0.0419. The molecule has 0 unspecified atom stereocenters. The van der Waals surface area contributed by atoms with Gasteiger partial charge in [-0.1, -0.05) is 30.3 Å². The van der Waals surface area contributed by atoms with Crippen LogP contribution in [0.2, 0.25) is 0 Å². The van der Waals surface area contributed by atoms with E-state index in [4.69, 9.17) is 0 Å². The first kappa shape index (κ1) is 15.7. The van der Waals surface area contributed by atoms with Gasteiger partial charge < -0.3 is 4.90 Å². The lowest BCUT2D eigenvalue weighted by molar-refractivity contribution is -0.129. The molecule has 0 bridgehead atoms. The molecule has 114 valence electrons. The van der Waals surface area contributed by atoms with Crippen LogP contribution in [0.4, 0.5) is 0 Å². The highest BCUT2D eigenvalue weighted by atomic mass is 32.2. The summed E-state index contributed by atoms with van der Waals surface area (Å²) in [4.78, 5) is 13.0. The highest BCUT2D eigenvalue weighted by molar-refractivity contribution is 7.92. The third-order valence-corrected chi connectivity index (χ3v) is 4.67. The van der Waals surface area contributed by atoms with Crippen molar-refractivity contribution in [1.29, 1.82) is 0 Å². The summed E-state index contributed by atoms with van der Waals surface area (Å²) in [6.07, 6.45) is 2.88. The Bertz CT molecular complexity index is 603. The third kappa shape index (κ3) is 4.99. The Morgan fingerprint density at radius 1 is 1.24 bits per heavy atom. The zero-order valence-electron chi connectivity index (χ0n) is 12.0. The molecule has 1 saturated heterocycles. The maximum Gasteiger partial charge on any atom is 0.233 e. The van der Waals surface area contributed by atoms with Gasteiger partial charge in [0.1, 0.15) is 0 Å². The molecule has 6 heteroatoms. The Morgan fingerprint density at radius 2 is 1.86 bits per heavy atom. The molecule has 2 rings (SSSR count). The molecule has 1 amide bonds. The number of benzene rings is 1. The average molecular weight is 308 g/mol. The van der Waals surface area contributed by atoms with Gasteiger partial charge in [0.2, 0.25) is 15.9 Å². The Morgan fingerprint density at radius 3 is 2.43 bits per heavy atom. The third-order valence-electron chi connectivity index (χ3n) is 3.51. The molecule has 1 aromatic carbocycles. The zero-order chi connectivity index (χ0) is 15.3. The number of hydrogen-bond acceptors (Lipinski definition) is 3. The van der Waals surface area contributed by atoms with Crippen molar-refractivity contribution in [3.63, 3.8) is 0 Å². The van der Waals surface area contributed by atoms with Crippen LogP contribution in [-0.2, 0) is 14.8 Å².